The van der Waals surface area contributed by atoms with Crippen molar-refractivity contribution in [1.29, 1.82) is 0 Å². The molecule has 0 unspecified atom stereocenters. The predicted octanol–water partition coefficient (Wildman–Crippen LogP) is 14.7. The number of nitrogens with zero attached hydrogens (tertiary/aromatic N) is 5. The van der Waals surface area contributed by atoms with E-state index in [1.165, 1.54) is 49.1 Å². The third-order valence-electron chi connectivity index (χ3n) is 16.9. The lowest BCUT2D eigenvalue weighted by atomic mass is 9.30. The number of benzene rings is 12. The first-order valence-electron chi connectivity index (χ1n) is 27.6. The van der Waals surface area contributed by atoms with Crippen LogP contribution < -0.4 is 57.1 Å². The van der Waals surface area contributed by atoms with Gasteiger partial charge in [0.15, 0.2) is 0 Å². The molecule has 8 heteroatoms. The molecule has 0 N–H and O–H groups in total. The Morgan fingerprint density at radius 1 is 0.287 bits per heavy atom. The van der Waals surface area contributed by atoms with Gasteiger partial charge in [0.25, 0.3) is 13.4 Å². The Morgan fingerprint density at radius 2 is 0.750 bits per heavy atom. The van der Waals surface area contributed by atoms with Crippen LogP contribution in [0.1, 0.15) is 0 Å². The van der Waals surface area contributed by atoms with E-state index in [9.17, 15) is 0 Å². The van der Waals surface area contributed by atoms with Gasteiger partial charge in [0, 0.05) is 91.0 Å². The average Bonchev–Trinajstić information content (AvgIpc) is 2.93. The molecule has 5 heterocycles. The molecule has 4 aliphatic rings. The minimum absolute atomic E-state index is 0.133. The van der Waals surface area contributed by atoms with Crippen molar-refractivity contribution in [2.24, 2.45) is 0 Å². The summed E-state index contributed by atoms with van der Waals surface area (Å²) in [7, 11) is 0. The fourth-order valence-electron chi connectivity index (χ4n) is 13.7. The molecule has 0 saturated carbocycles. The normalized spacial score (nSPS) is 13.0. The molecule has 80 heavy (non-hydrogen) atoms. The van der Waals surface area contributed by atoms with Crippen molar-refractivity contribution in [1.82, 2.24) is 4.57 Å². The standard InChI is InChI=1S/C72H47B2N5O/c1-7-24-48(25-8-1)75(49-26-9-2-10-27-49)54-42-65-70-66(43-54)78(53-34-17-6-18-35-53)64-47-68-61(46-60(64)73(70)58-38-20-22-41-63(58)77(65)52-32-15-5-16-33-52)74-59-39-23-37-57-56-36-19-21-40-62(56)79(72(57)59)67-44-55(45-69(80-68)71(67)74)76(50-28-11-3-12-29-50)51-30-13-4-14-31-51/h1-47H. The largest absolute Gasteiger partial charge is 0.458 e. The molecule has 6 nitrogen and oxygen atoms in total. The SMILES string of the molecule is c1ccc(N(c2ccccc2)c2cc3c4c(c2)N(c2ccccc2)c2cc5c(cc2B4c2ccccc2N3c2ccccc2)B2c3c(cc(N(c4ccccc4)c4ccccc4)cc3-n3c4ccccc4c4cccc2c43)O5)cc1. The maximum absolute atomic E-state index is 7.67. The second-order valence-electron chi connectivity index (χ2n) is 21.2. The number of anilines is 12. The number of para-hydroxylation sites is 9. The van der Waals surface area contributed by atoms with Crippen LogP contribution in [0.25, 0.3) is 27.5 Å². The van der Waals surface area contributed by atoms with Gasteiger partial charge in [0.2, 0.25) is 0 Å². The van der Waals surface area contributed by atoms with E-state index in [0.717, 1.165) is 90.9 Å². The van der Waals surface area contributed by atoms with E-state index in [-0.39, 0.29) is 13.4 Å². The zero-order valence-corrected chi connectivity index (χ0v) is 43.4. The quantitative estimate of drug-likeness (QED) is 0.141. The summed E-state index contributed by atoms with van der Waals surface area (Å²) in [6.07, 6.45) is 0. The van der Waals surface area contributed by atoms with E-state index in [2.05, 4.69) is 309 Å². The van der Waals surface area contributed by atoms with Crippen LogP contribution in [0.2, 0.25) is 0 Å². The molecule has 17 rings (SSSR count). The maximum Gasteiger partial charge on any atom is 0.256 e. The summed E-state index contributed by atoms with van der Waals surface area (Å²) in [5.74, 6) is 1.70. The fourth-order valence-corrected chi connectivity index (χ4v) is 13.7. The van der Waals surface area contributed by atoms with Crippen LogP contribution in [0.3, 0.4) is 0 Å². The van der Waals surface area contributed by atoms with Gasteiger partial charge in [-0.05, 0) is 136 Å². The molecule has 0 radical (unpaired) electrons. The molecule has 0 amide bonds. The van der Waals surface area contributed by atoms with E-state index in [0.29, 0.717) is 0 Å². The van der Waals surface area contributed by atoms with E-state index in [4.69, 9.17) is 4.74 Å². The molecule has 13 aromatic rings. The zero-order valence-electron chi connectivity index (χ0n) is 43.4. The Kier molecular flexibility index (Phi) is 9.80. The number of ether oxygens (including phenoxy) is 1. The highest BCUT2D eigenvalue weighted by molar-refractivity contribution is 7.02. The van der Waals surface area contributed by atoms with Gasteiger partial charge < -0.3 is 28.9 Å². The van der Waals surface area contributed by atoms with E-state index < -0.39 is 0 Å². The van der Waals surface area contributed by atoms with Crippen molar-refractivity contribution in [3.63, 3.8) is 0 Å². The monoisotopic (exact) mass is 1020 g/mol. The number of aromatic nitrogens is 1. The van der Waals surface area contributed by atoms with Gasteiger partial charge in [-0.15, -0.1) is 0 Å². The van der Waals surface area contributed by atoms with E-state index >= 15 is 0 Å². The molecule has 1 aromatic heterocycles. The molecule has 0 atom stereocenters. The highest BCUT2D eigenvalue weighted by Crippen LogP contribution is 2.50. The first-order chi connectivity index (χ1) is 39.7. The van der Waals surface area contributed by atoms with Crippen LogP contribution >= 0.6 is 0 Å². The minimum atomic E-state index is -0.135. The molecule has 0 bridgehead atoms. The second kappa shape index (κ2) is 17.5. The molecular weight excluding hydrogens is 972 g/mol. The van der Waals surface area contributed by atoms with Crippen LogP contribution in [0.5, 0.6) is 11.5 Å². The van der Waals surface area contributed by atoms with Gasteiger partial charge >= 0.3 is 0 Å². The van der Waals surface area contributed by atoms with Crippen LogP contribution in [-0.4, -0.2) is 18.0 Å². The zero-order chi connectivity index (χ0) is 52.4. The van der Waals surface area contributed by atoms with Crippen molar-refractivity contribution >= 4 is 136 Å². The molecule has 0 aliphatic carbocycles. The number of hydrogen-bond acceptors (Lipinski definition) is 5. The summed E-state index contributed by atoms with van der Waals surface area (Å²) in [4.78, 5) is 9.75. The van der Waals surface area contributed by atoms with Crippen molar-refractivity contribution in [2.75, 3.05) is 19.6 Å². The molecule has 0 fully saturated rings. The lowest BCUT2D eigenvalue weighted by Gasteiger charge is -2.45. The first kappa shape index (κ1) is 44.7. The highest BCUT2D eigenvalue weighted by atomic mass is 16.5. The smallest absolute Gasteiger partial charge is 0.256 e. The van der Waals surface area contributed by atoms with E-state index in [1.54, 1.807) is 0 Å². The van der Waals surface area contributed by atoms with Crippen LogP contribution in [0.15, 0.2) is 285 Å². The van der Waals surface area contributed by atoms with Gasteiger partial charge in [-0.2, -0.15) is 0 Å². The molecule has 12 aromatic carbocycles. The van der Waals surface area contributed by atoms with Crippen molar-refractivity contribution in [3.05, 3.63) is 285 Å². The first-order valence-corrected chi connectivity index (χ1v) is 27.6. The maximum atomic E-state index is 7.67. The molecule has 4 aliphatic heterocycles. The number of hydrogen-bond donors (Lipinski definition) is 0. The Hall–Kier alpha value is -10.4. The van der Waals surface area contributed by atoms with Crippen LogP contribution in [-0.2, 0) is 0 Å². The molecule has 0 spiro atoms. The summed E-state index contributed by atoms with van der Waals surface area (Å²) < 4.78 is 10.2. The number of rotatable bonds is 8. The predicted molar refractivity (Wildman–Crippen MR) is 335 cm³/mol. The molecule has 372 valence electrons. The Bertz CT molecular complexity index is 4520. The molecular formula is C72H47B2N5O. The lowest BCUT2D eigenvalue weighted by Crippen LogP contribution is -2.64. The highest BCUT2D eigenvalue weighted by Gasteiger charge is 2.47. The van der Waals surface area contributed by atoms with Gasteiger partial charge in [0.05, 0.1) is 16.9 Å². The van der Waals surface area contributed by atoms with Crippen molar-refractivity contribution < 1.29 is 4.74 Å². The summed E-state index contributed by atoms with van der Waals surface area (Å²) in [6, 6.07) is 104. The minimum Gasteiger partial charge on any atom is -0.458 e. The van der Waals surface area contributed by atoms with Crippen LogP contribution in [0.4, 0.5) is 68.2 Å². The topological polar surface area (TPSA) is 27.1 Å². The lowest BCUT2D eigenvalue weighted by molar-refractivity contribution is 0.487. The van der Waals surface area contributed by atoms with Crippen LogP contribution in [0, 0.1) is 0 Å². The third kappa shape index (κ3) is 6.56. The van der Waals surface area contributed by atoms with Gasteiger partial charge in [0.1, 0.15) is 11.5 Å². The summed E-state index contributed by atoms with van der Waals surface area (Å²) >= 11 is 0. The summed E-state index contributed by atoms with van der Waals surface area (Å²) in [6.45, 7) is -0.268. The van der Waals surface area contributed by atoms with Gasteiger partial charge in [-0.3, -0.25) is 0 Å². The third-order valence-corrected chi connectivity index (χ3v) is 16.9. The van der Waals surface area contributed by atoms with Gasteiger partial charge in [-0.25, -0.2) is 0 Å². The Labute approximate surface area is 465 Å². The fraction of sp³-hybridized carbons (Fsp3) is 0. The Morgan fingerprint density at radius 3 is 1.35 bits per heavy atom. The summed E-state index contributed by atoms with van der Waals surface area (Å²) in [5.41, 5.74) is 23.9. The average molecular weight is 1020 g/mol. The summed E-state index contributed by atoms with van der Waals surface area (Å²) in [5, 5.41) is 2.48. The molecule has 0 saturated heterocycles. The second-order valence-corrected chi connectivity index (χ2v) is 21.2. The number of fused-ring (bicyclic) bond motifs is 11. The van der Waals surface area contributed by atoms with Crippen molar-refractivity contribution in [3.8, 4) is 17.2 Å². The Balaban J connectivity index is 0.964. The van der Waals surface area contributed by atoms with Crippen molar-refractivity contribution in [2.45, 2.75) is 0 Å². The van der Waals surface area contributed by atoms with E-state index in [1.807, 2.05) is 0 Å². The van der Waals surface area contributed by atoms with Gasteiger partial charge in [-0.1, -0.05) is 170 Å².